The summed E-state index contributed by atoms with van der Waals surface area (Å²) in [6, 6.07) is 1.46. The van der Waals surface area contributed by atoms with Gasteiger partial charge in [-0.1, -0.05) is 26.1 Å². The molecule has 0 aliphatic carbocycles. The van der Waals surface area contributed by atoms with E-state index in [2.05, 4.69) is 20.0 Å². The lowest BCUT2D eigenvalue weighted by atomic mass is 10.2. The first-order valence-electron chi connectivity index (χ1n) is 4.26. The molecule has 1 saturated heterocycles. The Hall–Kier alpha value is 0.177. The molecule has 0 aromatic rings. The van der Waals surface area contributed by atoms with Crippen molar-refractivity contribution in [2.75, 3.05) is 6.23 Å². The summed E-state index contributed by atoms with van der Waals surface area (Å²) in [5.74, 6) is 0. The van der Waals surface area contributed by atoms with Crippen molar-refractivity contribution in [3.63, 3.8) is 0 Å². The predicted molar refractivity (Wildman–Crippen MR) is 46.9 cm³/mol. The summed E-state index contributed by atoms with van der Waals surface area (Å²) in [6.45, 7) is 7.04. The van der Waals surface area contributed by atoms with Crippen LogP contribution in [0.15, 0.2) is 0 Å². The first-order chi connectivity index (χ1) is 4.64. The highest BCUT2D eigenvalue weighted by Gasteiger charge is 2.28. The topological polar surface area (TPSA) is 9.23 Å². The fraction of sp³-hybridized carbons (Fsp3) is 1.00. The molecule has 0 aromatic carbocycles. The minimum Gasteiger partial charge on any atom is -0.382 e. The van der Waals surface area contributed by atoms with Crippen molar-refractivity contribution in [3.8, 4) is 0 Å². The number of rotatable bonds is 1. The minimum atomic E-state index is -0.871. The Labute approximate surface area is 64.8 Å². The lowest BCUT2D eigenvalue weighted by Crippen LogP contribution is -2.40. The first kappa shape index (κ1) is 8.28. The van der Waals surface area contributed by atoms with Crippen LogP contribution in [0.5, 0.6) is 0 Å². The van der Waals surface area contributed by atoms with E-state index >= 15 is 0 Å². The molecule has 0 aromatic heterocycles. The monoisotopic (exact) mass is 158 g/mol. The van der Waals surface area contributed by atoms with Gasteiger partial charge in [-0.25, -0.2) is 0 Å². The van der Waals surface area contributed by atoms with Gasteiger partial charge in [-0.3, -0.25) is 0 Å². The van der Waals surface area contributed by atoms with Gasteiger partial charge >= 0.3 is 0 Å². The van der Waals surface area contributed by atoms with E-state index in [4.69, 9.17) is 4.74 Å². The van der Waals surface area contributed by atoms with Crippen molar-refractivity contribution in [1.29, 1.82) is 0 Å². The summed E-state index contributed by atoms with van der Waals surface area (Å²) < 4.78 is 5.70. The van der Waals surface area contributed by atoms with Gasteiger partial charge in [0.25, 0.3) is 0 Å². The summed E-state index contributed by atoms with van der Waals surface area (Å²) in [7, 11) is -0.871. The molecule has 1 aliphatic heterocycles. The van der Waals surface area contributed by atoms with E-state index in [1.165, 1.54) is 18.9 Å². The highest BCUT2D eigenvalue weighted by Crippen LogP contribution is 2.23. The molecule has 1 fully saturated rings. The predicted octanol–water partition coefficient (Wildman–Crippen LogP) is 2.43. The second-order valence-corrected chi connectivity index (χ2v) is 9.16. The second-order valence-electron chi connectivity index (χ2n) is 4.04. The van der Waals surface area contributed by atoms with Gasteiger partial charge in [0.05, 0.1) is 14.2 Å². The Balaban J connectivity index is 2.31. The fourth-order valence-corrected chi connectivity index (χ4v) is 3.31. The zero-order valence-corrected chi connectivity index (χ0v) is 8.31. The van der Waals surface area contributed by atoms with Crippen LogP contribution < -0.4 is 0 Å². The Bertz CT molecular complexity index is 102. The van der Waals surface area contributed by atoms with Crippen molar-refractivity contribution in [2.45, 2.75) is 45.0 Å². The second kappa shape index (κ2) is 3.05. The quantitative estimate of drug-likeness (QED) is 0.533. The van der Waals surface area contributed by atoms with E-state index in [1.807, 2.05) is 0 Å². The zero-order chi connectivity index (χ0) is 7.61. The summed E-state index contributed by atoms with van der Waals surface area (Å²) in [4.78, 5) is 0. The molecule has 0 bridgehead atoms. The van der Waals surface area contributed by atoms with E-state index in [9.17, 15) is 0 Å². The van der Waals surface area contributed by atoms with Crippen LogP contribution in [0.25, 0.3) is 0 Å². The highest BCUT2D eigenvalue weighted by molar-refractivity contribution is 6.77. The van der Waals surface area contributed by atoms with Gasteiger partial charge in [-0.05, 0) is 12.8 Å². The van der Waals surface area contributed by atoms with Crippen molar-refractivity contribution >= 4 is 8.07 Å². The van der Waals surface area contributed by atoms with E-state index in [-0.39, 0.29) is 0 Å². The van der Waals surface area contributed by atoms with Crippen LogP contribution in [0, 0.1) is 0 Å². The van der Waals surface area contributed by atoms with Crippen molar-refractivity contribution in [1.82, 2.24) is 0 Å². The van der Waals surface area contributed by atoms with E-state index < -0.39 is 8.07 Å². The zero-order valence-electron chi connectivity index (χ0n) is 7.31. The molecule has 0 N–H and O–H groups in total. The lowest BCUT2D eigenvalue weighted by molar-refractivity contribution is 0.0649. The Kier molecular flexibility index (Phi) is 2.53. The SMILES string of the molecule is CC[C@@H]1CC[Si](C)(C)CO1. The third kappa shape index (κ3) is 2.10. The van der Waals surface area contributed by atoms with Gasteiger partial charge in [0.15, 0.2) is 0 Å². The molecule has 0 saturated carbocycles. The van der Waals surface area contributed by atoms with Gasteiger partial charge in [-0.2, -0.15) is 0 Å². The molecular weight excluding hydrogens is 140 g/mol. The number of hydrogen-bond acceptors (Lipinski definition) is 1. The van der Waals surface area contributed by atoms with Crippen LogP contribution in [0.2, 0.25) is 19.1 Å². The maximum Gasteiger partial charge on any atom is 0.0777 e. The van der Waals surface area contributed by atoms with Crippen LogP contribution in [0.4, 0.5) is 0 Å². The Morgan fingerprint density at radius 1 is 1.50 bits per heavy atom. The van der Waals surface area contributed by atoms with Crippen LogP contribution >= 0.6 is 0 Å². The van der Waals surface area contributed by atoms with Crippen LogP contribution in [-0.4, -0.2) is 20.4 Å². The van der Waals surface area contributed by atoms with Crippen molar-refractivity contribution in [2.24, 2.45) is 0 Å². The third-order valence-electron chi connectivity index (χ3n) is 2.31. The van der Waals surface area contributed by atoms with Gasteiger partial charge in [0, 0.05) is 6.23 Å². The van der Waals surface area contributed by atoms with Gasteiger partial charge in [0.1, 0.15) is 0 Å². The van der Waals surface area contributed by atoms with E-state index in [1.54, 1.807) is 0 Å². The maximum absolute atomic E-state index is 5.70. The molecule has 0 radical (unpaired) electrons. The molecule has 1 rings (SSSR count). The van der Waals surface area contributed by atoms with Gasteiger partial charge < -0.3 is 4.74 Å². The molecular formula is C8H18OSi. The summed E-state index contributed by atoms with van der Waals surface area (Å²) >= 11 is 0. The minimum absolute atomic E-state index is 0.584. The molecule has 0 spiro atoms. The average Bonchev–Trinajstić information content (AvgIpc) is 1.88. The van der Waals surface area contributed by atoms with Crippen LogP contribution in [0.3, 0.4) is 0 Å². The summed E-state index contributed by atoms with van der Waals surface area (Å²) in [5, 5.41) is 0. The molecule has 1 aliphatic rings. The highest BCUT2D eigenvalue weighted by atomic mass is 28.3. The maximum atomic E-state index is 5.70. The van der Waals surface area contributed by atoms with Crippen molar-refractivity contribution < 1.29 is 4.74 Å². The smallest absolute Gasteiger partial charge is 0.0777 e. The summed E-state index contributed by atoms with van der Waals surface area (Å²) in [5.41, 5.74) is 0. The number of ether oxygens (including phenoxy) is 1. The largest absolute Gasteiger partial charge is 0.382 e. The Morgan fingerprint density at radius 2 is 2.20 bits per heavy atom. The molecule has 2 heteroatoms. The van der Waals surface area contributed by atoms with Crippen molar-refractivity contribution in [3.05, 3.63) is 0 Å². The molecule has 1 heterocycles. The average molecular weight is 158 g/mol. The Morgan fingerprint density at radius 3 is 2.60 bits per heavy atom. The molecule has 0 unspecified atom stereocenters. The van der Waals surface area contributed by atoms with Crippen LogP contribution in [0.1, 0.15) is 19.8 Å². The van der Waals surface area contributed by atoms with Crippen LogP contribution in [-0.2, 0) is 4.74 Å². The van der Waals surface area contributed by atoms with E-state index in [0.29, 0.717) is 6.10 Å². The molecule has 1 nitrogen and oxygen atoms in total. The molecule has 0 amide bonds. The first-order valence-corrected chi connectivity index (χ1v) is 7.67. The summed E-state index contributed by atoms with van der Waals surface area (Å²) in [6.07, 6.45) is 4.19. The third-order valence-corrected chi connectivity index (χ3v) is 4.90. The molecule has 60 valence electrons. The number of hydrogen-bond donors (Lipinski definition) is 0. The molecule has 1 atom stereocenters. The van der Waals surface area contributed by atoms with E-state index in [0.717, 1.165) is 6.23 Å². The standard InChI is InChI=1S/C8H18OSi/c1-4-8-5-6-10(2,3)7-9-8/h8H,4-7H2,1-3H3/t8-/m1/s1. The normalized spacial score (nSPS) is 32.1. The lowest BCUT2D eigenvalue weighted by Gasteiger charge is -2.32. The molecule has 10 heavy (non-hydrogen) atoms. The van der Waals surface area contributed by atoms with Gasteiger partial charge in [0.2, 0.25) is 0 Å². The fourth-order valence-electron chi connectivity index (χ4n) is 1.37. The van der Waals surface area contributed by atoms with Gasteiger partial charge in [-0.15, -0.1) is 0 Å².